The highest BCUT2D eigenvalue weighted by molar-refractivity contribution is 6.02. The second-order valence-electron chi connectivity index (χ2n) is 7.41. The SMILES string of the molecule is CCN(CC)c1ccc(NC(=O)c2ccn(COc3ccc(C(C)C)cc3)n2)cc1. The van der Waals surface area contributed by atoms with Gasteiger partial charge in [-0.25, -0.2) is 4.68 Å². The van der Waals surface area contributed by atoms with Gasteiger partial charge >= 0.3 is 0 Å². The van der Waals surface area contributed by atoms with Gasteiger partial charge in [-0.3, -0.25) is 4.79 Å². The van der Waals surface area contributed by atoms with Gasteiger partial charge in [0.2, 0.25) is 0 Å². The molecule has 0 bridgehead atoms. The Balaban J connectivity index is 1.55. The molecule has 0 aliphatic rings. The lowest BCUT2D eigenvalue weighted by Gasteiger charge is -2.21. The molecule has 6 nitrogen and oxygen atoms in total. The van der Waals surface area contributed by atoms with E-state index in [4.69, 9.17) is 4.74 Å². The Morgan fingerprint density at radius 3 is 2.30 bits per heavy atom. The summed E-state index contributed by atoms with van der Waals surface area (Å²) in [5.74, 6) is 1.01. The molecule has 0 fully saturated rings. The summed E-state index contributed by atoms with van der Waals surface area (Å²) in [5, 5.41) is 7.20. The van der Waals surface area contributed by atoms with E-state index in [0.717, 1.165) is 30.2 Å². The van der Waals surface area contributed by atoms with Crippen LogP contribution in [0.4, 0.5) is 11.4 Å². The van der Waals surface area contributed by atoms with Gasteiger partial charge in [0, 0.05) is 30.7 Å². The number of benzene rings is 2. The molecule has 0 unspecified atom stereocenters. The lowest BCUT2D eigenvalue weighted by molar-refractivity contribution is 0.102. The highest BCUT2D eigenvalue weighted by Gasteiger charge is 2.11. The summed E-state index contributed by atoms with van der Waals surface area (Å²) < 4.78 is 7.36. The average Bonchev–Trinajstić information content (AvgIpc) is 3.24. The van der Waals surface area contributed by atoms with Gasteiger partial charge in [0.05, 0.1) is 0 Å². The Kier molecular flexibility index (Phi) is 7.12. The molecule has 2 aromatic carbocycles. The average molecular weight is 407 g/mol. The van der Waals surface area contributed by atoms with Gasteiger partial charge in [-0.05, 0) is 67.8 Å². The van der Waals surface area contributed by atoms with E-state index in [1.54, 1.807) is 16.9 Å². The summed E-state index contributed by atoms with van der Waals surface area (Å²) in [6, 6.07) is 17.6. The van der Waals surface area contributed by atoms with Crippen molar-refractivity contribution in [3.8, 4) is 5.75 Å². The van der Waals surface area contributed by atoms with E-state index in [1.807, 2.05) is 36.4 Å². The first kappa shape index (κ1) is 21.4. The predicted molar refractivity (Wildman–Crippen MR) is 121 cm³/mol. The number of ether oxygens (including phenoxy) is 1. The number of carbonyl (C=O) groups is 1. The molecule has 158 valence electrons. The molecule has 0 saturated carbocycles. The normalized spacial score (nSPS) is 10.8. The van der Waals surface area contributed by atoms with E-state index >= 15 is 0 Å². The third-order valence-electron chi connectivity index (χ3n) is 5.04. The van der Waals surface area contributed by atoms with Crippen LogP contribution < -0.4 is 15.0 Å². The summed E-state index contributed by atoms with van der Waals surface area (Å²) >= 11 is 0. The standard InChI is InChI=1S/C24H30N4O2/c1-5-27(6-2)21-11-9-20(10-12-21)25-24(29)23-15-16-28(26-23)17-30-22-13-7-19(8-14-22)18(3)4/h7-16,18H,5-6,17H2,1-4H3,(H,25,29). The van der Waals surface area contributed by atoms with Crippen molar-refractivity contribution >= 4 is 17.3 Å². The summed E-state index contributed by atoms with van der Waals surface area (Å²) in [6.45, 7) is 10.7. The molecule has 3 rings (SSSR count). The van der Waals surface area contributed by atoms with E-state index in [0.29, 0.717) is 11.6 Å². The third kappa shape index (κ3) is 5.41. The zero-order valence-electron chi connectivity index (χ0n) is 18.1. The molecule has 0 aliphatic heterocycles. The lowest BCUT2D eigenvalue weighted by Crippen LogP contribution is -2.21. The van der Waals surface area contributed by atoms with Gasteiger partial charge in [-0.1, -0.05) is 26.0 Å². The molecule has 0 aliphatic carbocycles. The number of hydrogen-bond donors (Lipinski definition) is 1. The molecule has 0 spiro atoms. The molecular formula is C24H30N4O2. The van der Waals surface area contributed by atoms with Crippen LogP contribution in [0.15, 0.2) is 60.8 Å². The van der Waals surface area contributed by atoms with Gasteiger partial charge in [0.1, 0.15) is 5.75 Å². The molecular weight excluding hydrogens is 376 g/mol. The number of hydrogen-bond acceptors (Lipinski definition) is 4. The van der Waals surface area contributed by atoms with Gasteiger partial charge in [-0.15, -0.1) is 0 Å². The molecule has 6 heteroatoms. The molecule has 0 saturated heterocycles. The van der Waals surface area contributed by atoms with Crippen LogP contribution in [0.1, 0.15) is 49.7 Å². The number of nitrogens with one attached hydrogen (secondary N) is 1. The fourth-order valence-electron chi connectivity index (χ4n) is 3.18. The van der Waals surface area contributed by atoms with Crippen molar-refractivity contribution in [3.63, 3.8) is 0 Å². The van der Waals surface area contributed by atoms with Crippen molar-refractivity contribution < 1.29 is 9.53 Å². The third-order valence-corrected chi connectivity index (χ3v) is 5.04. The molecule has 3 aromatic rings. The largest absolute Gasteiger partial charge is 0.471 e. The van der Waals surface area contributed by atoms with Crippen molar-refractivity contribution in [1.82, 2.24) is 9.78 Å². The fourth-order valence-corrected chi connectivity index (χ4v) is 3.18. The minimum absolute atomic E-state index is 0.243. The Labute approximate surface area is 178 Å². The van der Waals surface area contributed by atoms with Crippen LogP contribution in [-0.4, -0.2) is 28.8 Å². The maximum Gasteiger partial charge on any atom is 0.276 e. The molecule has 30 heavy (non-hydrogen) atoms. The van der Waals surface area contributed by atoms with Crippen LogP contribution in [0, 0.1) is 0 Å². The van der Waals surface area contributed by atoms with Crippen molar-refractivity contribution in [2.24, 2.45) is 0 Å². The highest BCUT2D eigenvalue weighted by atomic mass is 16.5. The number of anilines is 2. The zero-order valence-corrected chi connectivity index (χ0v) is 18.1. The van der Waals surface area contributed by atoms with Crippen molar-refractivity contribution in [3.05, 3.63) is 72.1 Å². The van der Waals surface area contributed by atoms with Crippen LogP contribution >= 0.6 is 0 Å². The highest BCUT2D eigenvalue weighted by Crippen LogP contribution is 2.19. The molecule has 1 N–H and O–H groups in total. The number of rotatable bonds is 9. The van der Waals surface area contributed by atoms with Crippen LogP contribution in [0.3, 0.4) is 0 Å². The van der Waals surface area contributed by atoms with Crippen LogP contribution in [0.5, 0.6) is 5.75 Å². The van der Waals surface area contributed by atoms with E-state index in [1.165, 1.54) is 5.56 Å². The van der Waals surface area contributed by atoms with Gasteiger partial charge in [0.15, 0.2) is 12.4 Å². The number of nitrogens with zero attached hydrogens (tertiary/aromatic N) is 3. The minimum Gasteiger partial charge on any atom is -0.471 e. The molecule has 0 atom stereocenters. The van der Waals surface area contributed by atoms with Crippen molar-refractivity contribution in [2.75, 3.05) is 23.3 Å². The fraction of sp³-hybridized carbons (Fsp3) is 0.333. The number of aromatic nitrogens is 2. The molecule has 1 aromatic heterocycles. The van der Waals surface area contributed by atoms with Crippen LogP contribution in [-0.2, 0) is 6.73 Å². The summed E-state index contributed by atoms with van der Waals surface area (Å²) in [4.78, 5) is 14.7. The van der Waals surface area contributed by atoms with E-state index in [2.05, 4.69) is 55.1 Å². The lowest BCUT2D eigenvalue weighted by atomic mass is 10.0. The first-order chi connectivity index (χ1) is 14.5. The van der Waals surface area contributed by atoms with E-state index in [9.17, 15) is 4.79 Å². The van der Waals surface area contributed by atoms with Gasteiger partial charge < -0.3 is 15.0 Å². The van der Waals surface area contributed by atoms with Crippen molar-refractivity contribution in [1.29, 1.82) is 0 Å². The topological polar surface area (TPSA) is 59.4 Å². The smallest absolute Gasteiger partial charge is 0.276 e. The Morgan fingerprint density at radius 1 is 1.03 bits per heavy atom. The molecule has 1 amide bonds. The maximum atomic E-state index is 12.5. The first-order valence-corrected chi connectivity index (χ1v) is 10.4. The van der Waals surface area contributed by atoms with Crippen LogP contribution in [0.25, 0.3) is 0 Å². The monoisotopic (exact) mass is 406 g/mol. The Morgan fingerprint density at radius 2 is 1.70 bits per heavy atom. The number of amides is 1. The summed E-state index contributed by atoms with van der Waals surface area (Å²) in [5.41, 5.74) is 3.50. The number of carbonyl (C=O) groups excluding carboxylic acids is 1. The predicted octanol–water partition coefficient (Wildman–Crippen LogP) is 5.14. The molecule has 0 radical (unpaired) electrons. The molecule has 1 heterocycles. The second kappa shape index (κ2) is 9.96. The van der Waals surface area contributed by atoms with Gasteiger partial charge in [0.25, 0.3) is 5.91 Å². The zero-order chi connectivity index (χ0) is 21.5. The van der Waals surface area contributed by atoms with E-state index < -0.39 is 0 Å². The minimum atomic E-state index is -0.245. The maximum absolute atomic E-state index is 12.5. The van der Waals surface area contributed by atoms with Gasteiger partial charge in [-0.2, -0.15) is 5.10 Å². The van der Waals surface area contributed by atoms with Crippen molar-refractivity contribution in [2.45, 2.75) is 40.3 Å². The Bertz CT molecular complexity index is 942. The summed E-state index contributed by atoms with van der Waals surface area (Å²) in [7, 11) is 0. The van der Waals surface area contributed by atoms with E-state index in [-0.39, 0.29) is 12.6 Å². The second-order valence-corrected chi connectivity index (χ2v) is 7.41. The van der Waals surface area contributed by atoms with Crippen LogP contribution in [0.2, 0.25) is 0 Å². The first-order valence-electron chi connectivity index (χ1n) is 10.4. The summed E-state index contributed by atoms with van der Waals surface area (Å²) in [6.07, 6.45) is 1.74. The quantitative estimate of drug-likeness (QED) is 0.534. The Hall–Kier alpha value is -3.28.